The minimum atomic E-state index is -1.02. The van der Waals surface area contributed by atoms with Gasteiger partial charge in [0.15, 0.2) is 0 Å². The monoisotopic (exact) mass is 397 g/mol. The van der Waals surface area contributed by atoms with Crippen LogP contribution in [0.3, 0.4) is 0 Å². The molecule has 1 aromatic carbocycles. The summed E-state index contributed by atoms with van der Waals surface area (Å²) in [7, 11) is 0. The number of benzene rings is 1. The summed E-state index contributed by atoms with van der Waals surface area (Å²) in [6.45, 7) is 2.23. The van der Waals surface area contributed by atoms with Gasteiger partial charge in [-0.25, -0.2) is 4.79 Å². The van der Waals surface area contributed by atoms with E-state index in [-0.39, 0.29) is 11.5 Å². The Kier molecular flexibility index (Phi) is 13.2. The molecule has 0 aromatic heterocycles. The lowest BCUT2D eigenvalue weighted by Crippen LogP contribution is -2.11. The second kappa shape index (κ2) is 15.5. The van der Waals surface area contributed by atoms with Crippen molar-refractivity contribution in [1.29, 1.82) is 5.26 Å². The Labute approximate surface area is 175 Å². The molecule has 0 bridgehead atoms. The molecule has 1 rings (SSSR count). The molecule has 4 heteroatoms. The van der Waals surface area contributed by atoms with Crippen molar-refractivity contribution in [3.63, 3.8) is 0 Å². The van der Waals surface area contributed by atoms with Gasteiger partial charge in [-0.15, -0.1) is 0 Å². The van der Waals surface area contributed by atoms with Gasteiger partial charge in [-0.05, 0) is 37.0 Å². The molecule has 2 N–H and O–H groups in total. The molecule has 1 aromatic rings. The second-order valence-electron chi connectivity index (χ2n) is 7.46. The third-order valence-electron chi connectivity index (χ3n) is 5.05. The summed E-state index contributed by atoms with van der Waals surface area (Å²) in [4.78, 5) is 11.2. The van der Waals surface area contributed by atoms with Crippen LogP contribution in [0.1, 0.15) is 93.2 Å². The maximum Gasteiger partial charge on any atom is 0.335 e. The van der Waals surface area contributed by atoms with E-state index in [4.69, 9.17) is 10.4 Å². The number of hydrogen-bond donors (Lipinski definition) is 2. The average molecular weight is 398 g/mol. The van der Waals surface area contributed by atoms with Crippen molar-refractivity contribution in [1.82, 2.24) is 0 Å². The van der Waals surface area contributed by atoms with E-state index in [0.29, 0.717) is 18.4 Å². The topological polar surface area (TPSA) is 81.3 Å². The van der Waals surface area contributed by atoms with Crippen LogP contribution >= 0.6 is 0 Å². The fourth-order valence-corrected chi connectivity index (χ4v) is 3.29. The Bertz CT molecular complexity index is 688. The quantitative estimate of drug-likeness (QED) is 0.258. The highest BCUT2D eigenvalue weighted by atomic mass is 16.4. The van der Waals surface area contributed by atoms with E-state index in [1.54, 1.807) is 12.1 Å². The highest BCUT2D eigenvalue weighted by Crippen LogP contribution is 2.27. The number of carboxylic acid groups (broad SMARTS) is 1. The Balaban J connectivity index is 2.52. The Hall–Kier alpha value is -2.38. The zero-order chi connectivity index (χ0) is 21.3. The van der Waals surface area contributed by atoms with Gasteiger partial charge >= 0.3 is 5.97 Å². The van der Waals surface area contributed by atoms with Gasteiger partial charge in [-0.1, -0.05) is 81.9 Å². The molecule has 0 heterocycles. The molecular formula is C25H35NO3. The normalized spacial score (nSPS) is 13.6. The summed E-state index contributed by atoms with van der Waals surface area (Å²) < 4.78 is 0. The molecule has 0 amide bonds. The molecule has 29 heavy (non-hydrogen) atoms. The highest BCUT2D eigenvalue weighted by Gasteiger charge is 2.19. The number of hydrogen-bond acceptors (Lipinski definition) is 3. The number of aliphatic hydroxyl groups is 1. The standard InChI is InChI=1S/C25H35NO3/c1-2-3-4-5-6-7-8-9-10-11-12-15-21(18-14-19-26)24(27)22-16-13-17-23(20-22)25(28)29/h10-13,15-17,20-21,24,27H,2-9,14,18H2,1H3,(H,28,29)/t21-,24-/m0/s1. The van der Waals surface area contributed by atoms with E-state index in [1.165, 1.54) is 57.1 Å². The zero-order valence-electron chi connectivity index (χ0n) is 17.6. The SMILES string of the molecule is CCCCCCCCCC=CC=C[C@@H](CCC#N)[C@H](O)c1cccc(C(=O)O)c1. The molecule has 0 aliphatic carbocycles. The molecule has 4 nitrogen and oxygen atoms in total. The first-order valence-electron chi connectivity index (χ1n) is 10.8. The van der Waals surface area contributed by atoms with Gasteiger partial charge in [0.25, 0.3) is 0 Å². The molecule has 0 fully saturated rings. The van der Waals surface area contributed by atoms with Crippen LogP contribution in [0.4, 0.5) is 0 Å². The molecule has 0 aliphatic rings. The minimum absolute atomic E-state index is 0.152. The molecule has 0 radical (unpaired) electrons. The summed E-state index contributed by atoms with van der Waals surface area (Å²) in [5, 5.41) is 28.7. The van der Waals surface area contributed by atoms with Crippen LogP contribution in [0, 0.1) is 17.2 Å². The predicted molar refractivity (Wildman–Crippen MR) is 118 cm³/mol. The Morgan fingerprint density at radius 2 is 1.86 bits per heavy atom. The van der Waals surface area contributed by atoms with Crippen LogP contribution in [-0.4, -0.2) is 16.2 Å². The number of nitrogens with zero attached hydrogens (tertiary/aromatic N) is 1. The van der Waals surface area contributed by atoms with E-state index in [1.807, 2.05) is 18.2 Å². The lowest BCUT2D eigenvalue weighted by atomic mass is 9.90. The van der Waals surface area contributed by atoms with Crippen molar-refractivity contribution in [2.75, 3.05) is 0 Å². The van der Waals surface area contributed by atoms with Crippen LogP contribution in [0.5, 0.6) is 0 Å². The first-order chi connectivity index (χ1) is 14.1. The Morgan fingerprint density at radius 3 is 2.55 bits per heavy atom. The average Bonchev–Trinajstić information content (AvgIpc) is 2.73. The largest absolute Gasteiger partial charge is 0.478 e. The predicted octanol–water partition coefficient (Wildman–Crippen LogP) is 6.59. The number of aliphatic hydroxyl groups excluding tert-OH is 1. The summed E-state index contributed by atoms with van der Waals surface area (Å²) in [6, 6.07) is 8.48. The third kappa shape index (κ3) is 10.7. The number of allylic oxidation sites excluding steroid dienone is 3. The van der Waals surface area contributed by atoms with Gasteiger partial charge < -0.3 is 10.2 Å². The summed E-state index contributed by atoms with van der Waals surface area (Å²) >= 11 is 0. The Morgan fingerprint density at radius 1 is 1.14 bits per heavy atom. The highest BCUT2D eigenvalue weighted by molar-refractivity contribution is 5.87. The molecule has 0 saturated carbocycles. The molecule has 0 saturated heterocycles. The van der Waals surface area contributed by atoms with E-state index >= 15 is 0 Å². The molecule has 0 unspecified atom stereocenters. The maximum atomic E-state index is 11.2. The van der Waals surface area contributed by atoms with Crippen LogP contribution < -0.4 is 0 Å². The molecule has 158 valence electrons. The lowest BCUT2D eigenvalue weighted by Gasteiger charge is -2.19. The molecule has 0 aliphatic heterocycles. The van der Waals surface area contributed by atoms with E-state index < -0.39 is 12.1 Å². The minimum Gasteiger partial charge on any atom is -0.478 e. The van der Waals surface area contributed by atoms with Crippen molar-refractivity contribution >= 4 is 5.97 Å². The fraction of sp³-hybridized carbons (Fsp3) is 0.520. The molecule has 0 spiro atoms. The van der Waals surface area contributed by atoms with Crippen LogP contribution in [0.25, 0.3) is 0 Å². The maximum absolute atomic E-state index is 11.2. The number of aromatic carboxylic acids is 1. The zero-order valence-corrected chi connectivity index (χ0v) is 17.6. The second-order valence-corrected chi connectivity index (χ2v) is 7.46. The molecule has 2 atom stereocenters. The van der Waals surface area contributed by atoms with Gasteiger partial charge in [-0.3, -0.25) is 0 Å². The van der Waals surface area contributed by atoms with Gasteiger partial charge in [-0.2, -0.15) is 5.26 Å². The number of rotatable bonds is 15. The van der Waals surface area contributed by atoms with Crippen molar-refractivity contribution in [3.8, 4) is 6.07 Å². The van der Waals surface area contributed by atoms with Crippen molar-refractivity contribution in [3.05, 3.63) is 59.7 Å². The summed E-state index contributed by atoms with van der Waals surface area (Å²) in [5.41, 5.74) is 0.712. The molecular weight excluding hydrogens is 362 g/mol. The first kappa shape index (κ1) is 24.7. The van der Waals surface area contributed by atoms with Crippen LogP contribution in [-0.2, 0) is 0 Å². The number of carboxylic acids is 1. The van der Waals surface area contributed by atoms with Gasteiger partial charge in [0.1, 0.15) is 0 Å². The van der Waals surface area contributed by atoms with Crippen molar-refractivity contribution < 1.29 is 15.0 Å². The van der Waals surface area contributed by atoms with E-state index in [2.05, 4.69) is 19.1 Å². The van der Waals surface area contributed by atoms with Gasteiger partial charge in [0.2, 0.25) is 0 Å². The summed E-state index contributed by atoms with van der Waals surface area (Å²) in [5.74, 6) is -1.25. The van der Waals surface area contributed by atoms with Crippen LogP contribution in [0.15, 0.2) is 48.6 Å². The third-order valence-corrected chi connectivity index (χ3v) is 5.05. The van der Waals surface area contributed by atoms with Gasteiger partial charge in [0, 0.05) is 12.3 Å². The first-order valence-corrected chi connectivity index (χ1v) is 10.8. The smallest absolute Gasteiger partial charge is 0.335 e. The van der Waals surface area contributed by atoms with Crippen LogP contribution in [0.2, 0.25) is 0 Å². The van der Waals surface area contributed by atoms with E-state index in [9.17, 15) is 9.90 Å². The number of unbranched alkanes of at least 4 members (excludes halogenated alkanes) is 7. The van der Waals surface area contributed by atoms with Crippen molar-refractivity contribution in [2.24, 2.45) is 5.92 Å². The van der Waals surface area contributed by atoms with Crippen molar-refractivity contribution in [2.45, 2.75) is 77.2 Å². The number of carbonyl (C=O) groups is 1. The summed E-state index contributed by atoms with van der Waals surface area (Å²) in [6.07, 6.45) is 18.1. The lowest BCUT2D eigenvalue weighted by molar-refractivity contribution is 0.0696. The fourth-order valence-electron chi connectivity index (χ4n) is 3.29. The van der Waals surface area contributed by atoms with Gasteiger partial charge in [0.05, 0.1) is 17.7 Å². The van der Waals surface area contributed by atoms with E-state index in [0.717, 1.165) is 6.42 Å². The number of nitriles is 1.